The third-order valence-electron chi connectivity index (χ3n) is 25.6. The molecule has 0 radical (unpaired) electrons. The van der Waals surface area contributed by atoms with Gasteiger partial charge < -0.3 is 45.9 Å². The Morgan fingerprint density at radius 3 is 1.95 bits per heavy atom. The van der Waals surface area contributed by atoms with Crippen molar-refractivity contribution in [3.63, 3.8) is 0 Å². The summed E-state index contributed by atoms with van der Waals surface area (Å²) in [6, 6.07) is 51.6. The molecule has 5 saturated carbocycles. The maximum Gasteiger partial charge on any atom is 0.236 e. The van der Waals surface area contributed by atoms with Gasteiger partial charge in [0.2, 0.25) is 11.8 Å². The van der Waals surface area contributed by atoms with Crippen LogP contribution in [0, 0.1) is 59.2 Å². The topological polar surface area (TPSA) is 292 Å². The van der Waals surface area contributed by atoms with Crippen LogP contribution in [0.25, 0.3) is 11.4 Å². The van der Waals surface area contributed by atoms with Crippen molar-refractivity contribution in [2.45, 2.75) is 165 Å². The van der Waals surface area contributed by atoms with Crippen molar-refractivity contribution in [1.82, 2.24) is 35.4 Å². The van der Waals surface area contributed by atoms with Crippen molar-refractivity contribution in [3.8, 4) is 17.1 Å². The normalized spacial score (nSPS) is 26.7. The maximum absolute atomic E-state index is 12.8. The Labute approximate surface area is 730 Å². The van der Waals surface area contributed by atoms with Crippen LogP contribution in [-0.2, 0) is 49.1 Å². The van der Waals surface area contributed by atoms with Crippen LogP contribution in [0.1, 0.15) is 145 Å². The second-order valence-electron chi connectivity index (χ2n) is 35.2. The summed E-state index contributed by atoms with van der Waals surface area (Å²) in [7, 11) is 1.63. The van der Waals surface area contributed by atoms with Crippen LogP contribution in [0.3, 0.4) is 0 Å². The number of fused-ring (bicyclic) bond motifs is 4. The van der Waals surface area contributed by atoms with E-state index in [0.717, 1.165) is 118 Å². The molecular formula is C97H108BrN11O11S2. The zero-order valence-electron chi connectivity index (χ0n) is 70.5. The standard InChI is InChI=1S/C24H26N6O2S.C16H20O3.C15H15NOS.C15H18O3.C14H15BrN2O.C13H14N2O/c1-24(2,3)20-14-21(30(28-20)18-8-6-5-7-9-18)26-22(31)15-33-23-27-25-16-29(23)17-10-12-19(32-4)13-11-17;1-8-7-12-14(9(2)10(3)19-12)15(18)16(4)11(8)5-6-13(16)17;1-11-7-8-13(18-11)16-14(17)15(9-10-15)12-5-3-2-4-6-12;1-8-6-13-11(9(2)10(3)18-13)7-15(17)12(8)4-5-14(15)16;1-14(5-6-14)13(18)12-11(8-16-17-12)9-3-2-4-10(15)7-9;16-13(10-6-7-10)12-11(8-14-15-12)9-4-2-1-3-5-9/h5-14,16H,15H2,1-4H3,(H,26,31);5-6,8,11-12,14-15,18H,2-3,7H2,1,4H3;2-8H,9-10H2,1H3,(H,16,17);4-5,8,11-13,17H,2-3,6-7H2,1H3;2-4,7,11,16H,5-6,8H2,1H3;1-5,10-11,14H,6-8H2/t;8-,11+,12-,14-,15+,16+;;8-,11+,12-,13-,15+;;/m.1.1../s1. The van der Waals surface area contributed by atoms with Crippen molar-refractivity contribution >= 4 is 96.2 Å². The zero-order valence-corrected chi connectivity index (χ0v) is 73.8. The number of nitrogens with one attached hydrogen (secondary N) is 4. The zero-order chi connectivity index (χ0) is 86.7. The lowest BCUT2D eigenvalue weighted by Gasteiger charge is -2.37. The van der Waals surface area contributed by atoms with Crippen LogP contribution in [0.2, 0.25) is 0 Å². The lowest BCUT2D eigenvalue weighted by atomic mass is 9.67. The molecule has 7 heterocycles. The number of aliphatic hydroxyl groups is 2. The van der Waals surface area contributed by atoms with Gasteiger partial charge in [0.25, 0.3) is 0 Å². The number of aromatic nitrogens is 5. The van der Waals surface area contributed by atoms with Gasteiger partial charge in [-0.05, 0) is 190 Å². The number of halogens is 1. The molecule has 8 aromatic rings. The number of carbonyl (C=O) groups excluding carboxylic acids is 6. The number of Topliss-reactive ketones (excluding diaryl/α,β-unsaturated/α-hetero) is 2. The molecule has 3 aromatic heterocycles. The second kappa shape index (κ2) is 36.4. The number of hydrazone groups is 2. The number of ketones is 4. The van der Waals surface area contributed by atoms with E-state index in [9.17, 15) is 39.0 Å². The molecule has 636 valence electrons. The minimum Gasteiger partial charge on any atom is -0.497 e. The van der Waals surface area contributed by atoms with Crippen LogP contribution in [-0.4, -0.2) is 131 Å². The number of aryl methyl sites for hydroxylation is 1. The number of ether oxygens (including phenoxy) is 3. The van der Waals surface area contributed by atoms with Gasteiger partial charge in [0.15, 0.2) is 28.3 Å². The number of aliphatic hydroxyl groups excluding tert-OH is 1. The van der Waals surface area contributed by atoms with Crippen LogP contribution in [0.5, 0.6) is 5.75 Å². The Morgan fingerprint density at radius 2 is 1.32 bits per heavy atom. The SMILES string of the molecule is C=C1O[C@@H]2C[C@@H](C)[C@@H]3C=CC(=O)[C@@]3(C)[C@@H](O)[C@@H]2C1=C.C=C1O[C@@H]2C[C@@H](C)[C@H]3C=CC(=O)[C@]3(O)C[C@H]2C1=C.CC1(C(=O)C2=NNCC2c2cccc(Br)c2)CC1.COc1ccc(-n2cnnc2SCC(=O)Nc2cc(C(C)(C)C)nn2-c2ccccc2)cc1.Cc1ccc(NC(=O)C2(c3ccccc3)CC2)s1.O=C(C1=NNCC1c1ccccc1)C1CC1. The molecule has 7 fully saturated rings. The molecule has 2 saturated heterocycles. The summed E-state index contributed by atoms with van der Waals surface area (Å²) in [5.41, 5.74) is 12.5. The molecular weight excluding hydrogens is 1640 g/mol. The Kier molecular flexibility index (Phi) is 26.1. The summed E-state index contributed by atoms with van der Waals surface area (Å²) >= 11 is 6.41. The first-order chi connectivity index (χ1) is 58.3. The number of thioether (sulfide) groups is 1. The first-order valence-corrected chi connectivity index (χ1v) is 44.4. The van der Waals surface area contributed by atoms with Gasteiger partial charge in [-0.15, -0.1) is 21.5 Å². The van der Waals surface area contributed by atoms with Gasteiger partial charge in [0.05, 0.1) is 63.9 Å². The van der Waals surface area contributed by atoms with Crippen LogP contribution >= 0.6 is 39.0 Å². The average Bonchev–Trinajstić information content (AvgIpc) is 1.58. The molecule has 0 spiro atoms. The number of benzene rings is 5. The minimum absolute atomic E-state index is 0.0100. The number of carbonyl (C=O) groups is 6. The molecule has 25 heteroatoms. The number of hydrogen-bond donors (Lipinski definition) is 6. The van der Waals surface area contributed by atoms with E-state index in [0.29, 0.717) is 41.2 Å². The fraction of sp³-hybridized carbons (Fsp3) is 0.392. The smallest absolute Gasteiger partial charge is 0.236 e. The minimum atomic E-state index is -1.27. The van der Waals surface area contributed by atoms with Crippen molar-refractivity contribution in [2.75, 3.05) is 36.6 Å². The van der Waals surface area contributed by atoms with Gasteiger partial charge in [-0.25, -0.2) is 4.68 Å². The van der Waals surface area contributed by atoms with E-state index in [4.69, 9.17) is 19.3 Å². The fourth-order valence-electron chi connectivity index (χ4n) is 17.6. The van der Waals surface area contributed by atoms with Crippen molar-refractivity contribution in [3.05, 3.63) is 269 Å². The van der Waals surface area contributed by atoms with Crippen LogP contribution in [0.4, 0.5) is 10.8 Å². The van der Waals surface area contributed by atoms with Crippen LogP contribution in [0.15, 0.2) is 257 Å². The number of methoxy groups -OCH3 is 1. The lowest BCUT2D eigenvalue weighted by Crippen LogP contribution is -2.46. The predicted octanol–water partition coefficient (Wildman–Crippen LogP) is 17.0. The number of rotatable bonds is 16. The van der Waals surface area contributed by atoms with Crippen molar-refractivity contribution in [2.24, 2.45) is 62.5 Å². The van der Waals surface area contributed by atoms with Crippen LogP contribution < -0.4 is 26.2 Å². The largest absolute Gasteiger partial charge is 0.497 e. The highest BCUT2D eigenvalue weighted by molar-refractivity contribution is 9.10. The summed E-state index contributed by atoms with van der Waals surface area (Å²) in [6.07, 6.45) is 15.7. The Balaban J connectivity index is 0.000000122. The lowest BCUT2D eigenvalue weighted by molar-refractivity contribution is -0.136. The number of amides is 2. The number of hydrogen-bond acceptors (Lipinski definition) is 20. The van der Waals surface area contributed by atoms with Gasteiger partial charge in [0, 0.05) is 62.8 Å². The molecule has 11 aliphatic rings. The number of anilines is 2. The number of thiophene rings is 1. The average molecular weight is 1750 g/mol. The van der Waals surface area contributed by atoms with E-state index in [-0.39, 0.29) is 122 Å². The highest BCUT2D eigenvalue weighted by Crippen LogP contribution is 2.56. The monoisotopic (exact) mass is 1750 g/mol. The molecule has 13 atom stereocenters. The third-order valence-corrected chi connectivity index (χ3v) is 27.9. The molecule has 2 unspecified atom stereocenters. The molecule has 7 aliphatic carbocycles. The summed E-state index contributed by atoms with van der Waals surface area (Å²) in [4.78, 5) is 75.1. The number of allylic oxidation sites excluding steroid dienone is 4. The summed E-state index contributed by atoms with van der Waals surface area (Å²) < 4.78 is 21.3. The van der Waals surface area contributed by atoms with Gasteiger partial charge in [-0.3, -0.25) is 33.3 Å². The van der Waals surface area contributed by atoms with Gasteiger partial charge in [0.1, 0.15) is 58.6 Å². The van der Waals surface area contributed by atoms with Crippen molar-refractivity contribution in [1.29, 1.82) is 0 Å². The van der Waals surface area contributed by atoms with E-state index < -0.39 is 17.1 Å². The summed E-state index contributed by atoms with van der Waals surface area (Å²) in [5.74, 6) is 3.81. The molecule has 4 aliphatic heterocycles. The van der Waals surface area contributed by atoms with Crippen molar-refractivity contribution < 1.29 is 53.2 Å². The molecule has 122 heavy (non-hydrogen) atoms. The van der Waals surface area contributed by atoms with Gasteiger partial charge >= 0.3 is 0 Å². The Morgan fingerprint density at radius 1 is 0.713 bits per heavy atom. The number of para-hydroxylation sites is 1. The van der Waals surface area contributed by atoms with E-state index in [2.05, 4.69) is 143 Å². The van der Waals surface area contributed by atoms with Gasteiger partial charge in [-0.1, -0.05) is 199 Å². The van der Waals surface area contributed by atoms with Gasteiger partial charge in [-0.2, -0.15) is 15.3 Å². The molecule has 19 rings (SSSR count). The molecule has 22 nitrogen and oxygen atoms in total. The molecule has 5 aromatic carbocycles. The maximum atomic E-state index is 12.8. The Hall–Kier alpha value is -10.7. The Bertz CT molecular complexity index is 5430. The molecule has 0 bridgehead atoms. The summed E-state index contributed by atoms with van der Waals surface area (Å²) in [5, 5.41) is 50.5. The molecule has 6 N–H and O–H groups in total. The quantitative estimate of drug-likeness (QED) is 0.0490. The third kappa shape index (κ3) is 18.8. The first-order valence-electron chi connectivity index (χ1n) is 41.8. The highest BCUT2D eigenvalue weighted by Gasteiger charge is 2.60. The second-order valence-corrected chi connectivity index (χ2v) is 38.3. The summed E-state index contributed by atoms with van der Waals surface area (Å²) in [6.45, 7) is 33.5. The predicted molar refractivity (Wildman–Crippen MR) is 481 cm³/mol. The van der Waals surface area contributed by atoms with E-state index in [1.165, 1.54) is 28.3 Å². The van der Waals surface area contributed by atoms with E-state index >= 15 is 0 Å². The highest BCUT2D eigenvalue weighted by atomic mass is 79.9. The van der Waals surface area contributed by atoms with E-state index in [1.54, 1.807) is 35.5 Å². The number of nitrogens with zero attached hydrogens (tertiary/aromatic N) is 7. The van der Waals surface area contributed by atoms with E-state index in [1.807, 2.05) is 171 Å². The molecule has 2 amide bonds. The first kappa shape index (κ1) is 87.6. The fourth-order valence-corrected chi connectivity index (χ4v) is 19.5.